The smallest absolute Gasteiger partial charge is 0.244 e. The molecule has 0 aliphatic rings. The van der Waals surface area contributed by atoms with Crippen molar-refractivity contribution in [1.82, 2.24) is 10.2 Å². The molecular formula is C31H39N3O5S. The number of rotatable bonds is 13. The molecule has 0 saturated heterocycles. The van der Waals surface area contributed by atoms with Crippen molar-refractivity contribution >= 4 is 27.5 Å². The highest BCUT2D eigenvalue weighted by molar-refractivity contribution is 7.92. The van der Waals surface area contributed by atoms with E-state index in [1.54, 1.807) is 24.3 Å². The minimum Gasteiger partial charge on any atom is -0.457 e. The molecule has 0 saturated carbocycles. The summed E-state index contributed by atoms with van der Waals surface area (Å²) in [6, 6.07) is 22.6. The van der Waals surface area contributed by atoms with E-state index in [0.29, 0.717) is 23.6 Å². The van der Waals surface area contributed by atoms with Crippen LogP contribution in [0.2, 0.25) is 0 Å². The van der Waals surface area contributed by atoms with E-state index in [4.69, 9.17) is 4.74 Å². The third-order valence-electron chi connectivity index (χ3n) is 6.77. The van der Waals surface area contributed by atoms with E-state index in [1.807, 2.05) is 82.3 Å². The highest BCUT2D eigenvalue weighted by atomic mass is 32.2. The zero-order chi connectivity index (χ0) is 29.3. The zero-order valence-electron chi connectivity index (χ0n) is 23.8. The van der Waals surface area contributed by atoms with E-state index in [2.05, 4.69) is 5.32 Å². The maximum absolute atomic E-state index is 13.9. The van der Waals surface area contributed by atoms with Crippen LogP contribution in [-0.2, 0) is 26.2 Å². The fraction of sp³-hybridized carbons (Fsp3) is 0.355. The Morgan fingerprint density at radius 3 is 2.05 bits per heavy atom. The lowest BCUT2D eigenvalue weighted by molar-refractivity contribution is -0.140. The first-order chi connectivity index (χ1) is 19.0. The van der Waals surface area contributed by atoms with Gasteiger partial charge in [0.2, 0.25) is 21.8 Å². The summed E-state index contributed by atoms with van der Waals surface area (Å²) in [5, 5.41) is 2.98. The lowest BCUT2D eigenvalue weighted by Gasteiger charge is -2.33. The SMILES string of the molecule is CC[C@@H](C)NC(=O)[C@@H](CC)N(Cc1ccccc1C)C(=O)CN(c1ccc(Oc2ccccc2)cc1)S(C)(=O)=O. The van der Waals surface area contributed by atoms with Gasteiger partial charge in [0, 0.05) is 12.6 Å². The van der Waals surface area contributed by atoms with Gasteiger partial charge in [-0.15, -0.1) is 0 Å². The van der Waals surface area contributed by atoms with Crippen molar-refractivity contribution in [3.8, 4) is 11.5 Å². The van der Waals surface area contributed by atoms with E-state index >= 15 is 0 Å². The molecule has 0 heterocycles. The zero-order valence-corrected chi connectivity index (χ0v) is 24.6. The number of carbonyl (C=O) groups excluding carboxylic acids is 2. The third-order valence-corrected chi connectivity index (χ3v) is 7.91. The topological polar surface area (TPSA) is 96.0 Å². The molecule has 214 valence electrons. The Bertz CT molecular complexity index is 1380. The van der Waals surface area contributed by atoms with E-state index in [9.17, 15) is 18.0 Å². The van der Waals surface area contributed by atoms with Crippen LogP contribution in [0.1, 0.15) is 44.7 Å². The first-order valence-electron chi connectivity index (χ1n) is 13.5. The Morgan fingerprint density at radius 1 is 0.875 bits per heavy atom. The Balaban J connectivity index is 1.90. The van der Waals surface area contributed by atoms with Gasteiger partial charge >= 0.3 is 0 Å². The van der Waals surface area contributed by atoms with Gasteiger partial charge in [-0.25, -0.2) is 8.42 Å². The highest BCUT2D eigenvalue weighted by Gasteiger charge is 2.32. The summed E-state index contributed by atoms with van der Waals surface area (Å²) in [6.45, 7) is 7.41. The number of hydrogen-bond acceptors (Lipinski definition) is 5. The van der Waals surface area contributed by atoms with Crippen molar-refractivity contribution in [3.05, 3.63) is 90.0 Å². The molecule has 2 amide bonds. The summed E-state index contributed by atoms with van der Waals surface area (Å²) >= 11 is 0. The van der Waals surface area contributed by atoms with E-state index in [-0.39, 0.29) is 18.5 Å². The van der Waals surface area contributed by atoms with Crippen LogP contribution in [0.25, 0.3) is 0 Å². The lowest BCUT2D eigenvalue weighted by Crippen LogP contribution is -2.53. The number of ether oxygens (including phenoxy) is 1. The summed E-state index contributed by atoms with van der Waals surface area (Å²) in [4.78, 5) is 28.6. The van der Waals surface area contributed by atoms with Crippen LogP contribution in [0.4, 0.5) is 5.69 Å². The van der Waals surface area contributed by atoms with Crippen molar-refractivity contribution in [2.45, 2.75) is 59.2 Å². The number of carbonyl (C=O) groups is 2. The second-order valence-electron chi connectivity index (χ2n) is 9.87. The van der Waals surface area contributed by atoms with Crippen LogP contribution < -0.4 is 14.4 Å². The Labute approximate surface area is 238 Å². The number of benzene rings is 3. The maximum atomic E-state index is 13.9. The number of amides is 2. The minimum atomic E-state index is -3.83. The minimum absolute atomic E-state index is 0.0545. The average Bonchev–Trinajstić information content (AvgIpc) is 2.93. The molecule has 3 rings (SSSR count). The summed E-state index contributed by atoms with van der Waals surface area (Å²) in [6.07, 6.45) is 2.19. The summed E-state index contributed by atoms with van der Waals surface area (Å²) in [5.74, 6) is 0.457. The number of aryl methyl sites for hydroxylation is 1. The normalized spacial score (nSPS) is 12.7. The van der Waals surface area contributed by atoms with Crippen molar-refractivity contribution in [1.29, 1.82) is 0 Å². The molecule has 8 nitrogen and oxygen atoms in total. The van der Waals surface area contributed by atoms with Gasteiger partial charge in [-0.05, 0) is 74.2 Å². The van der Waals surface area contributed by atoms with Crippen molar-refractivity contribution in [2.24, 2.45) is 0 Å². The molecule has 0 radical (unpaired) electrons. The van der Waals surface area contributed by atoms with E-state index in [0.717, 1.165) is 28.1 Å². The largest absolute Gasteiger partial charge is 0.457 e. The first-order valence-corrected chi connectivity index (χ1v) is 15.3. The van der Waals surface area contributed by atoms with Crippen LogP contribution >= 0.6 is 0 Å². The predicted molar refractivity (Wildman–Crippen MR) is 159 cm³/mol. The van der Waals surface area contributed by atoms with Crippen LogP contribution in [0.3, 0.4) is 0 Å². The quantitative estimate of drug-likeness (QED) is 0.304. The number of nitrogens with zero attached hydrogens (tertiary/aromatic N) is 2. The van der Waals surface area contributed by atoms with Crippen LogP contribution in [0.15, 0.2) is 78.9 Å². The maximum Gasteiger partial charge on any atom is 0.244 e. The second kappa shape index (κ2) is 14.0. The molecular weight excluding hydrogens is 526 g/mol. The van der Waals surface area contributed by atoms with Crippen molar-refractivity contribution in [2.75, 3.05) is 17.1 Å². The van der Waals surface area contributed by atoms with Crippen LogP contribution in [0.5, 0.6) is 11.5 Å². The molecule has 0 unspecified atom stereocenters. The lowest BCUT2D eigenvalue weighted by atomic mass is 10.1. The highest BCUT2D eigenvalue weighted by Crippen LogP contribution is 2.26. The molecule has 0 fully saturated rings. The van der Waals surface area contributed by atoms with Gasteiger partial charge in [0.1, 0.15) is 24.1 Å². The van der Waals surface area contributed by atoms with Crippen LogP contribution in [0, 0.1) is 6.92 Å². The van der Waals surface area contributed by atoms with Gasteiger partial charge in [0.25, 0.3) is 0 Å². The Morgan fingerprint density at radius 2 is 1.48 bits per heavy atom. The Hall–Kier alpha value is -3.85. The van der Waals surface area contributed by atoms with Gasteiger partial charge < -0.3 is 15.0 Å². The fourth-order valence-electron chi connectivity index (χ4n) is 4.25. The number of para-hydroxylation sites is 1. The van der Waals surface area contributed by atoms with Crippen LogP contribution in [-0.4, -0.2) is 50.0 Å². The molecule has 0 spiro atoms. The van der Waals surface area contributed by atoms with Gasteiger partial charge in [-0.2, -0.15) is 0 Å². The number of anilines is 1. The van der Waals surface area contributed by atoms with Gasteiger partial charge in [-0.3, -0.25) is 13.9 Å². The molecule has 9 heteroatoms. The predicted octanol–water partition coefficient (Wildman–Crippen LogP) is 5.28. The number of sulfonamides is 1. The number of hydrogen-bond donors (Lipinski definition) is 1. The standard InChI is InChI=1S/C31H39N3O5S/c1-6-24(4)32-31(36)29(7-2)33(21-25-14-12-11-13-23(25)3)30(35)22-34(40(5,37)38)26-17-19-28(20-18-26)39-27-15-9-8-10-16-27/h8-20,24,29H,6-7,21-22H2,1-5H3,(H,32,36)/t24-,29-/m1/s1. The molecule has 2 atom stereocenters. The summed E-state index contributed by atoms with van der Waals surface area (Å²) in [7, 11) is -3.83. The average molecular weight is 566 g/mol. The molecule has 0 bridgehead atoms. The second-order valence-corrected chi connectivity index (χ2v) is 11.8. The van der Waals surface area contributed by atoms with E-state index in [1.165, 1.54) is 4.90 Å². The number of nitrogens with one attached hydrogen (secondary N) is 1. The molecule has 1 N–H and O–H groups in total. The molecule has 40 heavy (non-hydrogen) atoms. The summed E-state index contributed by atoms with van der Waals surface area (Å²) < 4.78 is 32.6. The monoisotopic (exact) mass is 565 g/mol. The van der Waals surface area contributed by atoms with Crippen molar-refractivity contribution < 1.29 is 22.7 Å². The summed E-state index contributed by atoms with van der Waals surface area (Å²) in [5.41, 5.74) is 2.19. The Kier molecular flexibility index (Phi) is 10.7. The molecule has 3 aromatic carbocycles. The fourth-order valence-corrected chi connectivity index (χ4v) is 5.10. The molecule has 0 aromatic heterocycles. The van der Waals surface area contributed by atoms with Crippen molar-refractivity contribution in [3.63, 3.8) is 0 Å². The van der Waals surface area contributed by atoms with E-state index < -0.39 is 28.5 Å². The molecule has 0 aliphatic carbocycles. The van der Waals surface area contributed by atoms with Gasteiger partial charge in [-0.1, -0.05) is 56.3 Å². The van der Waals surface area contributed by atoms with Gasteiger partial charge in [0.15, 0.2) is 0 Å². The molecule has 0 aliphatic heterocycles. The van der Waals surface area contributed by atoms with Gasteiger partial charge in [0.05, 0.1) is 11.9 Å². The first kappa shape index (κ1) is 30.7. The third kappa shape index (κ3) is 8.32. The molecule has 3 aromatic rings.